The Bertz CT molecular complexity index is 1130. The molecule has 5 aliphatic carbocycles. The van der Waals surface area contributed by atoms with Gasteiger partial charge >= 0.3 is 6.03 Å². The van der Waals surface area contributed by atoms with Crippen molar-refractivity contribution in [2.45, 2.75) is 119 Å². The van der Waals surface area contributed by atoms with Crippen molar-refractivity contribution in [1.82, 2.24) is 15.1 Å². The molecule has 1 saturated heterocycles. The first kappa shape index (κ1) is 29.7. The van der Waals surface area contributed by atoms with Crippen LogP contribution in [0, 0.1) is 50.7 Å². The number of allylic oxidation sites excluding steroid dienone is 2. The third-order valence-corrected chi connectivity index (χ3v) is 14.8. The van der Waals surface area contributed by atoms with Crippen LogP contribution >= 0.6 is 0 Å². The van der Waals surface area contributed by atoms with Crippen molar-refractivity contribution >= 4 is 11.8 Å². The summed E-state index contributed by atoms with van der Waals surface area (Å²) in [6.07, 6.45) is 10.3. The third kappa shape index (κ3) is 4.09. The van der Waals surface area contributed by atoms with Gasteiger partial charge in [-0.3, -0.25) is 4.79 Å². The van der Waals surface area contributed by atoms with E-state index in [0.29, 0.717) is 34.9 Å². The van der Waals surface area contributed by atoms with Crippen molar-refractivity contribution in [3.63, 3.8) is 0 Å². The summed E-state index contributed by atoms with van der Waals surface area (Å²) >= 11 is 0. The molecular weight excluding hydrogens is 506 g/mol. The second-order valence-corrected chi connectivity index (χ2v) is 17.4. The van der Waals surface area contributed by atoms with Crippen LogP contribution in [0.2, 0.25) is 0 Å². The van der Waals surface area contributed by atoms with Crippen LogP contribution in [0.15, 0.2) is 11.1 Å². The van der Waals surface area contributed by atoms with Gasteiger partial charge in [-0.05, 0) is 115 Å². The number of fused-ring (bicyclic) bond motifs is 7. The smallest absolute Gasteiger partial charge is 0.317 e. The van der Waals surface area contributed by atoms with Crippen LogP contribution in [0.5, 0.6) is 0 Å². The number of amides is 2. The molecule has 5 nitrogen and oxygen atoms in total. The van der Waals surface area contributed by atoms with Gasteiger partial charge in [-0.1, -0.05) is 61.0 Å². The minimum absolute atomic E-state index is 0.0665. The zero-order chi connectivity index (χ0) is 29.8. The second-order valence-electron chi connectivity index (χ2n) is 17.4. The molecule has 0 aromatic carbocycles. The standard InChI is InChI=1S/C36H59N3O2/c1-23(2)29-25(40)22-33(5)16-17-34(6)24(30(29)33)10-11-27-35(34,7)15-12-26-32(3,4)14-13-28(36(26,27)8)37-31(41)39-20-18-38(9)19-21-39/h23-24,26-28H,10-22H2,1-9H3,(H,37,41)/t24-,26+,27+,28?,33+,34-,35-,36+/m1/s1. The molecule has 230 valence electrons. The molecule has 6 rings (SSSR count). The van der Waals surface area contributed by atoms with Crippen molar-refractivity contribution < 1.29 is 9.59 Å². The van der Waals surface area contributed by atoms with Crippen LogP contribution in [0.1, 0.15) is 113 Å². The number of piperazine rings is 1. The normalized spacial score (nSPS) is 46.1. The van der Waals surface area contributed by atoms with Crippen molar-refractivity contribution in [3.8, 4) is 0 Å². The highest BCUT2D eigenvalue weighted by Gasteiger charge is 2.70. The Balaban J connectivity index is 1.37. The molecule has 0 spiro atoms. The van der Waals surface area contributed by atoms with E-state index < -0.39 is 0 Å². The topological polar surface area (TPSA) is 52.7 Å². The van der Waals surface area contributed by atoms with E-state index >= 15 is 0 Å². The predicted molar refractivity (Wildman–Crippen MR) is 166 cm³/mol. The summed E-state index contributed by atoms with van der Waals surface area (Å²) in [6, 6.07) is 0.393. The van der Waals surface area contributed by atoms with Crippen LogP contribution in [0.3, 0.4) is 0 Å². The van der Waals surface area contributed by atoms with Crippen molar-refractivity contribution in [3.05, 3.63) is 11.1 Å². The fourth-order valence-corrected chi connectivity index (χ4v) is 12.4. The van der Waals surface area contributed by atoms with E-state index in [9.17, 15) is 9.59 Å². The highest BCUT2D eigenvalue weighted by molar-refractivity contribution is 6.00. The van der Waals surface area contributed by atoms with Gasteiger partial charge in [0.1, 0.15) is 0 Å². The molecule has 8 atom stereocenters. The van der Waals surface area contributed by atoms with E-state index in [1.54, 1.807) is 5.57 Å². The number of hydrogen-bond donors (Lipinski definition) is 1. The van der Waals surface area contributed by atoms with E-state index in [4.69, 9.17) is 0 Å². The van der Waals surface area contributed by atoms with Crippen molar-refractivity contribution in [2.75, 3.05) is 33.2 Å². The number of urea groups is 1. The number of hydrogen-bond acceptors (Lipinski definition) is 3. The second kappa shape index (κ2) is 9.57. The minimum Gasteiger partial charge on any atom is -0.335 e. The molecule has 2 amide bonds. The first-order valence-electron chi connectivity index (χ1n) is 17.1. The van der Waals surface area contributed by atoms with Crippen LogP contribution in [-0.4, -0.2) is 60.9 Å². The molecule has 0 aromatic heterocycles. The molecule has 41 heavy (non-hydrogen) atoms. The SMILES string of the molecule is CC(C)C1=C2[C@H]3CC[C@@H]4[C@@]5(C)C(NC(=O)N6CCN(C)CC6)CCC(C)(C)[C@@H]5CC[C@@]4(C)[C@]3(C)CC[C@@]2(C)CC1=O. The lowest BCUT2D eigenvalue weighted by molar-refractivity contribution is -0.219. The molecular formula is C36H59N3O2. The zero-order valence-electron chi connectivity index (χ0n) is 27.8. The minimum atomic E-state index is 0.0665. The Morgan fingerprint density at radius 2 is 1.51 bits per heavy atom. The number of ketones is 1. The molecule has 1 N–H and O–H groups in total. The quantitative estimate of drug-likeness (QED) is 0.382. The molecule has 1 unspecified atom stereocenters. The van der Waals surface area contributed by atoms with Crippen molar-refractivity contribution in [2.24, 2.45) is 50.7 Å². The number of nitrogens with zero attached hydrogens (tertiary/aromatic N) is 2. The molecule has 0 aromatic rings. The fourth-order valence-electron chi connectivity index (χ4n) is 12.4. The summed E-state index contributed by atoms with van der Waals surface area (Å²) in [6.45, 7) is 23.4. The summed E-state index contributed by atoms with van der Waals surface area (Å²) in [5.41, 5.74) is 3.59. The first-order valence-corrected chi connectivity index (χ1v) is 17.1. The Hall–Kier alpha value is -1.36. The summed E-state index contributed by atoms with van der Waals surface area (Å²) < 4.78 is 0. The lowest BCUT2D eigenvalue weighted by Gasteiger charge is -2.72. The highest BCUT2D eigenvalue weighted by Crippen LogP contribution is 2.76. The van der Waals surface area contributed by atoms with Crippen LogP contribution < -0.4 is 5.32 Å². The Kier molecular flexibility index (Phi) is 6.93. The molecule has 0 radical (unpaired) electrons. The molecule has 1 heterocycles. The molecule has 0 bridgehead atoms. The Morgan fingerprint density at radius 1 is 0.829 bits per heavy atom. The van der Waals surface area contributed by atoms with Crippen LogP contribution in [0.4, 0.5) is 4.79 Å². The van der Waals surface area contributed by atoms with Gasteiger partial charge in [0.05, 0.1) is 0 Å². The van der Waals surface area contributed by atoms with Gasteiger partial charge < -0.3 is 15.1 Å². The maximum atomic E-state index is 13.7. The number of Topliss-reactive ketones (excluding diaryl/α,β-unsaturated/α-hetero) is 1. The molecule has 6 aliphatic rings. The average Bonchev–Trinajstić information content (AvgIpc) is 3.17. The number of rotatable bonds is 2. The number of carbonyl (C=O) groups excluding carboxylic acids is 2. The summed E-state index contributed by atoms with van der Waals surface area (Å²) in [7, 11) is 2.15. The summed E-state index contributed by atoms with van der Waals surface area (Å²) in [5, 5.41) is 3.70. The maximum absolute atomic E-state index is 13.7. The van der Waals surface area contributed by atoms with E-state index in [2.05, 4.69) is 77.6 Å². The number of nitrogens with one attached hydrogen (secondary N) is 1. The van der Waals surface area contributed by atoms with Crippen LogP contribution in [0.25, 0.3) is 0 Å². The number of likely N-dealkylation sites (N-methyl/N-ethyl adjacent to an activating group) is 1. The summed E-state index contributed by atoms with van der Waals surface area (Å²) in [5.74, 6) is 2.46. The third-order valence-electron chi connectivity index (χ3n) is 14.8. The van der Waals surface area contributed by atoms with Gasteiger partial charge in [-0.2, -0.15) is 0 Å². The van der Waals surface area contributed by atoms with Crippen molar-refractivity contribution in [1.29, 1.82) is 0 Å². The Labute approximate surface area is 250 Å². The fraction of sp³-hybridized carbons (Fsp3) is 0.889. The van der Waals surface area contributed by atoms with Gasteiger partial charge in [0.25, 0.3) is 0 Å². The van der Waals surface area contributed by atoms with E-state index in [1.807, 2.05) is 0 Å². The summed E-state index contributed by atoms with van der Waals surface area (Å²) in [4.78, 5) is 31.5. The lowest BCUT2D eigenvalue weighted by atomic mass is 9.32. The van der Waals surface area contributed by atoms with Gasteiger partial charge in [-0.15, -0.1) is 0 Å². The highest BCUT2D eigenvalue weighted by atomic mass is 16.2. The molecule has 5 heteroatoms. The molecule has 1 aliphatic heterocycles. The van der Waals surface area contributed by atoms with E-state index in [0.717, 1.165) is 45.4 Å². The predicted octanol–water partition coefficient (Wildman–Crippen LogP) is 7.31. The first-order chi connectivity index (χ1) is 19.1. The van der Waals surface area contributed by atoms with E-state index in [-0.39, 0.29) is 33.7 Å². The van der Waals surface area contributed by atoms with Gasteiger partial charge in [0.15, 0.2) is 5.78 Å². The Morgan fingerprint density at radius 3 is 2.17 bits per heavy atom. The van der Waals surface area contributed by atoms with Gasteiger partial charge in [-0.25, -0.2) is 4.79 Å². The maximum Gasteiger partial charge on any atom is 0.317 e. The van der Waals surface area contributed by atoms with Gasteiger partial charge in [0, 0.05) is 38.6 Å². The zero-order valence-corrected chi connectivity index (χ0v) is 27.8. The monoisotopic (exact) mass is 565 g/mol. The van der Waals surface area contributed by atoms with E-state index in [1.165, 1.54) is 44.1 Å². The number of carbonyl (C=O) groups is 2. The molecule has 5 fully saturated rings. The molecule has 4 saturated carbocycles. The lowest BCUT2D eigenvalue weighted by Crippen LogP contribution is -2.69. The largest absolute Gasteiger partial charge is 0.335 e. The van der Waals surface area contributed by atoms with Gasteiger partial charge in [0.2, 0.25) is 0 Å². The average molecular weight is 566 g/mol. The van der Waals surface area contributed by atoms with Crippen LogP contribution in [-0.2, 0) is 4.79 Å².